The highest BCUT2D eigenvalue weighted by atomic mass is 16.2. The maximum absolute atomic E-state index is 11.7. The fraction of sp³-hybridized carbons (Fsp3) is 0.727. The molecule has 1 rings (SSSR count). The summed E-state index contributed by atoms with van der Waals surface area (Å²) in [5.41, 5.74) is 5.70. The fourth-order valence-electron chi connectivity index (χ4n) is 1.72. The monoisotopic (exact) mass is 241 g/mol. The molecule has 96 valence electrons. The van der Waals surface area contributed by atoms with Gasteiger partial charge in [0.05, 0.1) is 6.04 Å². The lowest BCUT2D eigenvalue weighted by atomic mass is 10.0. The Balaban J connectivity index is 2.45. The van der Waals surface area contributed by atoms with E-state index in [9.17, 15) is 14.4 Å². The Labute approximate surface area is 100 Å². The third-order valence-electron chi connectivity index (χ3n) is 2.62. The van der Waals surface area contributed by atoms with Gasteiger partial charge in [-0.25, -0.2) is 0 Å². The van der Waals surface area contributed by atoms with Gasteiger partial charge in [-0.2, -0.15) is 0 Å². The van der Waals surface area contributed by atoms with Crippen molar-refractivity contribution in [1.82, 2.24) is 10.6 Å². The van der Waals surface area contributed by atoms with E-state index in [1.807, 2.05) is 13.8 Å². The molecule has 1 aliphatic heterocycles. The standard InChI is InChI=1S/C11H19N3O3/c1-6(2)5-7(12)10(16)13-8-3-4-9(15)14-11(8)17/h6-8H,3-5,12H2,1-2H3,(H,13,16)(H,14,15,17)/t7-,8?/m1/s1. The van der Waals surface area contributed by atoms with Crippen molar-refractivity contribution in [2.75, 3.05) is 0 Å². The Bertz CT molecular complexity index is 328. The van der Waals surface area contributed by atoms with E-state index >= 15 is 0 Å². The van der Waals surface area contributed by atoms with Crippen LogP contribution in [0.25, 0.3) is 0 Å². The largest absolute Gasteiger partial charge is 0.343 e. The third-order valence-corrected chi connectivity index (χ3v) is 2.62. The zero-order chi connectivity index (χ0) is 13.0. The molecule has 0 aromatic carbocycles. The van der Waals surface area contributed by atoms with Gasteiger partial charge in [0.15, 0.2) is 0 Å². The predicted octanol–water partition coefficient (Wildman–Crippen LogP) is -0.719. The summed E-state index contributed by atoms with van der Waals surface area (Å²) in [7, 11) is 0. The second kappa shape index (κ2) is 5.77. The van der Waals surface area contributed by atoms with E-state index in [0.717, 1.165) is 0 Å². The van der Waals surface area contributed by atoms with Crippen LogP contribution in [0.2, 0.25) is 0 Å². The van der Waals surface area contributed by atoms with Crippen LogP contribution in [-0.2, 0) is 14.4 Å². The van der Waals surface area contributed by atoms with Crippen molar-refractivity contribution in [2.24, 2.45) is 11.7 Å². The molecule has 0 bridgehead atoms. The number of nitrogens with one attached hydrogen (secondary N) is 2. The number of carbonyl (C=O) groups excluding carboxylic acids is 3. The van der Waals surface area contributed by atoms with Crippen molar-refractivity contribution in [1.29, 1.82) is 0 Å². The maximum atomic E-state index is 11.7. The molecule has 1 unspecified atom stereocenters. The van der Waals surface area contributed by atoms with Crippen molar-refractivity contribution >= 4 is 17.7 Å². The van der Waals surface area contributed by atoms with Gasteiger partial charge in [-0.15, -0.1) is 0 Å². The summed E-state index contributed by atoms with van der Waals surface area (Å²) < 4.78 is 0. The normalized spacial score (nSPS) is 22.2. The number of piperidine rings is 1. The smallest absolute Gasteiger partial charge is 0.249 e. The molecule has 1 heterocycles. The van der Waals surface area contributed by atoms with Crippen molar-refractivity contribution in [3.05, 3.63) is 0 Å². The second-order valence-corrected chi connectivity index (χ2v) is 4.75. The summed E-state index contributed by atoms with van der Waals surface area (Å²) in [5, 5.41) is 4.75. The average molecular weight is 241 g/mol. The topological polar surface area (TPSA) is 101 Å². The van der Waals surface area contributed by atoms with E-state index in [2.05, 4.69) is 10.6 Å². The predicted molar refractivity (Wildman–Crippen MR) is 61.7 cm³/mol. The summed E-state index contributed by atoms with van der Waals surface area (Å²) >= 11 is 0. The van der Waals surface area contributed by atoms with Gasteiger partial charge in [0.1, 0.15) is 6.04 Å². The van der Waals surface area contributed by atoms with Crippen LogP contribution < -0.4 is 16.4 Å². The molecule has 3 amide bonds. The van der Waals surface area contributed by atoms with E-state index in [0.29, 0.717) is 18.8 Å². The molecule has 0 aliphatic carbocycles. The molecule has 0 radical (unpaired) electrons. The summed E-state index contributed by atoms with van der Waals surface area (Å²) in [4.78, 5) is 34.0. The highest BCUT2D eigenvalue weighted by Gasteiger charge is 2.29. The Morgan fingerprint density at radius 3 is 2.71 bits per heavy atom. The molecule has 0 aromatic rings. The zero-order valence-corrected chi connectivity index (χ0v) is 10.2. The van der Waals surface area contributed by atoms with Gasteiger partial charge in [-0.3, -0.25) is 19.7 Å². The molecule has 6 nitrogen and oxygen atoms in total. The average Bonchev–Trinajstić information content (AvgIpc) is 2.21. The van der Waals surface area contributed by atoms with Crippen LogP contribution in [0.3, 0.4) is 0 Å². The van der Waals surface area contributed by atoms with Crippen LogP contribution in [0.4, 0.5) is 0 Å². The lowest BCUT2D eigenvalue weighted by Crippen LogP contribution is -2.55. The maximum Gasteiger partial charge on any atom is 0.249 e. The second-order valence-electron chi connectivity index (χ2n) is 4.75. The van der Waals surface area contributed by atoms with Crippen molar-refractivity contribution in [2.45, 2.75) is 45.2 Å². The summed E-state index contributed by atoms with van der Waals surface area (Å²) in [6.45, 7) is 3.94. The molecule has 2 atom stereocenters. The minimum absolute atomic E-state index is 0.246. The quantitative estimate of drug-likeness (QED) is 0.565. The minimum Gasteiger partial charge on any atom is -0.343 e. The Morgan fingerprint density at radius 2 is 2.18 bits per heavy atom. The molecular formula is C11H19N3O3. The van der Waals surface area contributed by atoms with Gasteiger partial charge in [-0.1, -0.05) is 13.8 Å². The van der Waals surface area contributed by atoms with Crippen molar-refractivity contribution < 1.29 is 14.4 Å². The van der Waals surface area contributed by atoms with E-state index < -0.39 is 18.0 Å². The fourth-order valence-corrected chi connectivity index (χ4v) is 1.72. The van der Waals surface area contributed by atoms with Gasteiger partial charge < -0.3 is 11.1 Å². The first-order valence-corrected chi connectivity index (χ1v) is 5.79. The highest BCUT2D eigenvalue weighted by molar-refractivity contribution is 6.01. The number of amides is 3. The molecule has 0 saturated carbocycles. The number of imide groups is 1. The highest BCUT2D eigenvalue weighted by Crippen LogP contribution is 2.06. The van der Waals surface area contributed by atoms with E-state index in [-0.39, 0.29) is 18.2 Å². The lowest BCUT2D eigenvalue weighted by Gasteiger charge is -2.23. The van der Waals surface area contributed by atoms with Crippen molar-refractivity contribution in [3.63, 3.8) is 0 Å². The van der Waals surface area contributed by atoms with E-state index in [4.69, 9.17) is 5.73 Å². The number of rotatable bonds is 4. The van der Waals surface area contributed by atoms with E-state index in [1.54, 1.807) is 0 Å². The number of carbonyl (C=O) groups is 3. The van der Waals surface area contributed by atoms with Crippen LogP contribution >= 0.6 is 0 Å². The van der Waals surface area contributed by atoms with Gasteiger partial charge in [-0.05, 0) is 18.8 Å². The van der Waals surface area contributed by atoms with Gasteiger partial charge in [0.2, 0.25) is 17.7 Å². The molecule has 6 heteroatoms. The summed E-state index contributed by atoms with van der Waals surface area (Å²) in [6.07, 6.45) is 1.15. The SMILES string of the molecule is CC(C)C[C@@H](N)C(=O)NC1CCC(=O)NC1=O. The molecule has 1 fully saturated rings. The van der Waals surface area contributed by atoms with Crippen LogP contribution in [0, 0.1) is 5.92 Å². The Hall–Kier alpha value is -1.43. The first-order chi connectivity index (χ1) is 7.90. The number of nitrogens with two attached hydrogens (primary N) is 1. The molecule has 1 saturated heterocycles. The first-order valence-electron chi connectivity index (χ1n) is 5.79. The third kappa shape index (κ3) is 4.14. The lowest BCUT2D eigenvalue weighted by molar-refractivity contribution is -0.137. The number of hydrogen-bond donors (Lipinski definition) is 3. The van der Waals surface area contributed by atoms with Crippen LogP contribution in [0.5, 0.6) is 0 Å². The molecule has 0 spiro atoms. The molecule has 0 aromatic heterocycles. The van der Waals surface area contributed by atoms with Crippen LogP contribution in [0.1, 0.15) is 33.1 Å². The first kappa shape index (κ1) is 13.6. The molecule has 4 N–H and O–H groups in total. The van der Waals surface area contributed by atoms with Gasteiger partial charge in [0.25, 0.3) is 0 Å². The molecule has 1 aliphatic rings. The Kier molecular flexibility index (Phi) is 4.62. The van der Waals surface area contributed by atoms with E-state index in [1.165, 1.54) is 0 Å². The number of hydrogen-bond acceptors (Lipinski definition) is 4. The zero-order valence-electron chi connectivity index (χ0n) is 10.2. The summed E-state index contributed by atoms with van der Waals surface area (Å²) in [6, 6.07) is -1.25. The van der Waals surface area contributed by atoms with Crippen molar-refractivity contribution in [3.8, 4) is 0 Å². The van der Waals surface area contributed by atoms with Gasteiger partial charge in [0, 0.05) is 6.42 Å². The molecule has 17 heavy (non-hydrogen) atoms. The van der Waals surface area contributed by atoms with Crippen LogP contribution in [-0.4, -0.2) is 29.8 Å². The van der Waals surface area contributed by atoms with Gasteiger partial charge >= 0.3 is 0 Å². The van der Waals surface area contributed by atoms with Crippen LogP contribution in [0.15, 0.2) is 0 Å². The Morgan fingerprint density at radius 1 is 1.53 bits per heavy atom. The summed E-state index contributed by atoms with van der Waals surface area (Å²) in [5.74, 6) is -0.774. The minimum atomic E-state index is -0.640. The molecular weight excluding hydrogens is 222 g/mol.